The van der Waals surface area contributed by atoms with Gasteiger partial charge in [-0.1, -0.05) is 30.3 Å². The number of anilines is 1. The number of carbonyl (C=O) groups is 2. The number of carbonyl (C=O) groups excluding carboxylic acids is 2. The molecular weight excluding hydrogens is 472 g/mol. The summed E-state index contributed by atoms with van der Waals surface area (Å²) in [6.45, 7) is 1.09. The Morgan fingerprint density at radius 3 is 2.54 bits per heavy atom. The first-order valence-electron chi connectivity index (χ1n) is 12.6. The molecule has 2 aromatic carbocycles. The van der Waals surface area contributed by atoms with Crippen molar-refractivity contribution in [1.29, 1.82) is 0 Å². The summed E-state index contributed by atoms with van der Waals surface area (Å²) in [5.41, 5.74) is 2.37. The first kappa shape index (κ1) is 24.8. The Kier molecular flexibility index (Phi) is 7.41. The summed E-state index contributed by atoms with van der Waals surface area (Å²) in [5.74, 6) is 1.26. The Morgan fingerprint density at radius 2 is 1.86 bits per heavy atom. The number of nitrogens with zero attached hydrogens (tertiary/aromatic N) is 3. The van der Waals surface area contributed by atoms with Gasteiger partial charge in [-0.05, 0) is 37.8 Å². The van der Waals surface area contributed by atoms with Gasteiger partial charge < -0.3 is 19.1 Å². The third-order valence-electron chi connectivity index (χ3n) is 6.69. The number of methoxy groups -OCH3 is 2. The van der Waals surface area contributed by atoms with Crippen molar-refractivity contribution in [3.63, 3.8) is 0 Å². The first-order chi connectivity index (χ1) is 18.1. The lowest BCUT2D eigenvalue weighted by molar-refractivity contribution is -0.137. The molecule has 194 valence electrons. The van der Waals surface area contributed by atoms with E-state index in [1.54, 1.807) is 29.8 Å². The van der Waals surface area contributed by atoms with E-state index in [1.807, 2.05) is 48.7 Å². The number of ether oxygens (including phenoxy) is 3. The molecule has 2 amide bonds. The van der Waals surface area contributed by atoms with Gasteiger partial charge in [-0.25, -0.2) is 4.98 Å². The molecule has 1 N–H and O–H groups in total. The average Bonchev–Trinajstić information content (AvgIpc) is 3.49. The van der Waals surface area contributed by atoms with Crippen LogP contribution in [0.4, 0.5) is 5.95 Å². The summed E-state index contributed by atoms with van der Waals surface area (Å²) in [6.07, 6.45) is 5.49. The van der Waals surface area contributed by atoms with E-state index in [0.717, 1.165) is 36.9 Å². The monoisotopic (exact) mass is 504 g/mol. The lowest BCUT2D eigenvalue weighted by atomic mass is 10.2. The van der Waals surface area contributed by atoms with Crippen LogP contribution in [0.5, 0.6) is 11.5 Å². The minimum Gasteiger partial charge on any atom is -0.493 e. The maximum atomic E-state index is 13.3. The molecule has 0 bridgehead atoms. The van der Waals surface area contributed by atoms with Gasteiger partial charge in [0.2, 0.25) is 17.8 Å². The second-order valence-electron chi connectivity index (χ2n) is 9.40. The zero-order valence-corrected chi connectivity index (χ0v) is 21.2. The van der Waals surface area contributed by atoms with Crippen LogP contribution >= 0.6 is 0 Å². The molecule has 2 fully saturated rings. The smallest absolute Gasteiger partial charge is 0.246 e. The van der Waals surface area contributed by atoms with Crippen LogP contribution in [0.2, 0.25) is 0 Å². The number of rotatable bonds is 10. The Morgan fingerprint density at radius 1 is 1.08 bits per heavy atom. The summed E-state index contributed by atoms with van der Waals surface area (Å²) in [4.78, 5) is 32.6. The van der Waals surface area contributed by atoms with Gasteiger partial charge in [0.05, 0.1) is 31.7 Å². The molecule has 3 aromatic rings. The number of hydrogen-bond donors (Lipinski definition) is 1. The fourth-order valence-corrected chi connectivity index (χ4v) is 4.58. The standard InChI is InChI=1S/C28H32N4O5/c1-35-24-13-12-21(15-25(24)36-2)32-17-23(19-7-4-3-5-8-19)29-28(32)30-26(33)18-31(27(34)20-10-11-20)16-22-9-6-14-37-22/h3-5,7-8,12-13,15,17,20,22H,6,9-11,14,16,18H2,1-2H3,(H,29,30,33)/t22-/m0/s1. The van der Waals surface area contributed by atoms with Crippen molar-refractivity contribution >= 4 is 17.8 Å². The molecule has 1 atom stereocenters. The highest BCUT2D eigenvalue weighted by Gasteiger charge is 2.35. The first-order valence-corrected chi connectivity index (χ1v) is 12.6. The highest BCUT2D eigenvalue weighted by Crippen LogP contribution is 2.33. The Balaban J connectivity index is 1.42. The highest BCUT2D eigenvalue weighted by atomic mass is 16.5. The van der Waals surface area contributed by atoms with Crippen LogP contribution < -0.4 is 14.8 Å². The molecule has 37 heavy (non-hydrogen) atoms. The summed E-state index contributed by atoms with van der Waals surface area (Å²) < 4.78 is 18.4. The lowest BCUT2D eigenvalue weighted by Crippen LogP contribution is -2.43. The normalized spacial score (nSPS) is 16.9. The fourth-order valence-electron chi connectivity index (χ4n) is 4.58. The van der Waals surface area contributed by atoms with E-state index in [0.29, 0.717) is 36.3 Å². The molecule has 5 rings (SSSR count). The van der Waals surface area contributed by atoms with E-state index in [4.69, 9.17) is 19.2 Å². The van der Waals surface area contributed by atoms with Gasteiger partial charge in [0.1, 0.15) is 6.54 Å². The van der Waals surface area contributed by atoms with Gasteiger partial charge in [0.15, 0.2) is 11.5 Å². The van der Waals surface area contributed by atoms with Crippen LogP contribution in [0.15, 0.2) is 54.7 Å². The average molecular weight is 505 g/mol. The molecule has 0 unspecified atom stereocenters. The van der Waals surface area contributed by atoms with Crippen LogP contribution in [0, 0.1) is 5.92 Å². The molecule has 1 saturated heterocycles. The third-order valence-corrected chi connectivity index (χ3v) is 6.69. The zero-order chi connectivity index (χ0) is 25.8. The van der Waals surface area contributed by atoms with Crippen molar-refractivity contribution in [3.8, 4) is 28.4 Å². The molecule has 9 heteroatoms. The molecule has 9 nitrogen and oxygen atoms in total. The SMILES string of the molecule is COc1ccc(-n2cc(-c3ccccc3)nc2NC(=O)CN(C[C@@H]2CCCO2)C(=O)C2CC2)cc1OC. The number of imidazole rings is 1. The second-order valence-corrected chi connectivity index (χ2v) is 9.40. The van der Waals surface area contributed by atoms with Gasteiger partial charge in [-0.15, -0.1) is 0 Å². The maximum absolute atomic E-state index is 13.3. The topological polar surface area (TPSA) is 94.9 Å². The highest BCUT2D eigenvalue weighted by molar-refractivity contribution is 5.94. The molecule has 0 radical (unpaired) electrons. The number of benzene rings is 2. The number of hydrogen-bond acceptors (Lipinski definition) is 6. The van der Waals surface area contributed by atoms with Crippen LogP contribution in [-0.4, -0.2) is 66.3 Å². The van der Waals surface area contributed by atoms with E-state index < -0.39 is 0 Å². The number of nitrogens with one attached hydrogen (secondary N) is 1. The van der Waals surface area contributed by atoms with Gasteiger partial charge in [-0.3, -0.25) is 19.5 Å². The molecule has 1 aliphatic carbocycles. The van der Waals surface area contributed by atoms with E-state index in [-0.39, 0.29) is 30.4 Å². The van der Waals surface area contributed by atoms with Crippen molar-refractivity contribution in [1.82, 2.24) is 14.5 Å². The van der Waals surface area contributed by atoms with Crippen molar-refractivity contribution in [3.05, 3.63) is 54.7 Å². The van der Waals surface area contributed by atoms with Crippen LogP contribution in [0.1, 0.15) is 25.7 Å². The van der Waals surface area contributed by atoms with E-state index in [1.165, 1.54) is 0 Å². The Hall–Kier alpha value is -3.85. The summed E-state index contributed by atoms with van der Waals surface area (Å²) in [6, 6.07) is 15.2. The van der Waals surface area contributed by atoms with E-state index >= 15 is 0 Å². The second kappa shape index (κ2) is 11.0. The number of amides is 2. The van der Waals surface area contributed by atoms with Crippen molar-refractivity contribution < 1.29 is 23.8 Å². The molecular formula is C28H32N4O5. The number of aromatic nitrogens is 2. The minimum atomic E-state index is -0.307. The van der Waals surface area contributed by atoms with Gasteiger partial charge >= 0.3 is 0 Å². The minimum absolute atomic E-state index is 0.0195. The zero-order valence-electron chi connectivity index (χ0n) is 21.2. The predicted molar refractivity (Wildman–Crippen MR) is 139 cm³/mol. The molecule has 2 aliphatic rings. The lowest BCUT2D eigenvalue weighted by Gasteiger charge is -2.25. The van der Waals surface area contributed by atoms with Crippen LogP contribution in [-0.2, 0) is 14.3 Å². The van der Waals surface area contributed by atoms with Crippen LogP contribution in [0.25, 0.3) is 16.9 Å². The largest absolute Gasteiger partial charge is 0.493 e. The molecule has 1 saturated carbocycles. The molecule has 0 spiro atoms. The molecule has 2 heterocycles. The van der Waals surface area contributed by atoms with Crippen molar-refractivity contribution in [2.45, 2.75) is 31.8 Å². The van der Waals surface area contributed by atoms with Gasteiger partial charge in [0, 0.05) is 36.9 Å². The summed E-state index contributed by atoms with van der Waals surface area (Å²) in [5, 5.41) is 2.94. The quantitative estimate of drug-likeness (QED) is 0.450. The van der Waals surface area contributed by atoms with E-state index in [2.05, 4.69) is 5.32 Å². The van der Waals surface area contributed by atoms with Gasteiger partial charge in [-0.2, -0.15) is 0 Å². The van der Waals surface area contributed by atoms with Gasteiger partial charge in [0.25, 0.3) is 0 Å². The Bertz CT molecular complexity index is 1250. The van der Waals surface area contributed by atoms with Crippen molar-refractivity contribution in [2.24, 2.45) is 5.92 Å². The molecule has 1 aromatic heterocycles. The molecule has 1 aliphatic heterocycles. The maximum Gasteiger partial charge on any atom is 0.246 e. The Labute approximate surface area is 216 Å². The van der Waals surface area contributed by atoms with E-state index in [9.17, 15) is 9.59 Å². The summed E-state index contributed by atoms with van der Waals surface area (Å²) >= 11 is 0. The predicted octanol–water partition coefficient (Wildman–Crippen LogP) is 3.91. The van der Waals surface area contributed by atoms with Crippen molar-refractivity contribution in [2.75, 3.05) is 39.2 Å². The third kappa shape index (κ3) is 5.77. The van der Waals surface area contributed by atoms with Crippen LogP contribution in [0.3, 0.4) is 0 Å². The summed E-state index contributed by atoms with van der Waals surface area (Å²) in [7, 11) is 3.16. The fraction of sp³-hybridized carbons (Fsp3) is 0.393.